The monoisotopic (exact) mass is 222 g/mol. The molecule has 1 saturated heterocycles. The van der Waals surface area contributed by atoms with Crippen LogP contribution in [0.2, 0.25) is 0 Å². The van der Waals surface area contributed by atoms with Gasteiger partial charge in [-0.05, 0) is 60.3 Å². The maximum atomic E-state index is 5.58. The van der Waals surface area contributed by atoms with Gasteiger partial charge in [0.25, 0.3) is 0 Å². The normalized spacial score (nSPS) is 24.7. The van der Waals surface area contributed by atoms with Gasteiger partial charge >= 0.3 is 0 Å². The molecule has 0 aliphatic carbocycles. The number of allylic oxidation sites excluding steroid dienone is 4. The highest BCUT2D eigenvalue weighted by Gasteiger charge is 2.46. The van der Waals surface area contributed by atoms with Gasteiger partial charge < -0.3 is 4.74 Å². The number of rotatable bonds is 6. The van der Waals surface area contributed by atoms with Crippen LogP contribution in [0.5, 0.6) is 0 Å². The van der Waals surface area contributed by atoms with E-state index in [0.717, 1.165) is 0 Å². The minimum absolute atomic E-state index is 0.155. The fourth-order valence-corrected chi connectivity index (χ4v) is 1.89. The van der Waals surface area contributed by atoms with Crippen LogP contribution in [0.1, 0.15) is 60.3 Å². The fourth-order valence-electron chi connectivity index (χ4n) is 1.89. The van der Waals surface area contributed by atoms with E-state index in [1.54, 1.807) is 0 Å². The fraction of sp³-hybridized carbons (Fsp3) is 0.733. The molecule has 0 amide bonds. The van der Waals surface area contributed by atoms with Crippen LogP contribution in [0.15, 0.2) is 23.3 Å². The van der Waals surface area contributed by atoms with Gasteiger partial charge in [-0.2, -0.15) is 0 Å². The van der Waals surface area contributed by atoms with E-state index in [2.05, 4.69) is 46.8 Å². The largest absolute Gasteiger partial charge is 0.367 e. The molecule has 92 valence electrons. The molecule has 16 heavy (non-hydrogen) atoms. The van der Waals surface area contributed by atoms with Crippen molar-refractivity contribution >= 4 is 0 Å². The Morgan fingerprint density at radius 3 is 2.31 bits per heavy atom. The highest BCUT2D eigenvalue weighted by molar-refractivity contribution is 5.05. The molecule has 0 radical (unpaired) electrons. The first kappa shape index (κ1) is 13.5. The third-order valence-electron chi connectivity index (χ3n) is 3.49. The first-order chi connectivity index (χ1) is 7.45. The average molecular weight is 222 g/mol. The van der Waals surface area contributed by atoms with E-state index in [9.17, 15) is 0 Å². The van der Waals surface area contributed by atoms with Gasteiger partial charge in [-0.15, -0.1) is 0 Å². The maximum Gasteiger partial charge on any atom is 0.0892 e. The molecule has 0 aromatic rings. The lowest BCUT2D eigenvalue weighted by Crippen LogP contribution is -2.02. The van der Waals surface area contributed by atoms with Gasteiger partial charge in [0.05, 0.1) is 11.7 Å². The third kappa shape index (κ3) is 4.52. The zero-order valence-electron chi connectivity index (χ0n) is 11.5. The summed E-state index contributed by atoms with van der Waals surface area (Å²) in [4.78, 5) is 0. The van der Waals surface area contributed by atoms with Gasteiger partial charge in [0.2, 0.25) is 0 Å². The molecule has 0 N–H and O–H groups in total. The summed E-state index contributed by atoms with van der Waals surface area (Å²) in [5.41, 5.74) is 3.15. The smallest absolute Gasteiger partial charge is 0.0892 e. The van der Waals surface area contributed by atoms with Crippen LogP contribution in [0, 0.1) is 0 Å². The van der Waals surface area contributed by atoms with Gasteiger partial charge in [-0.3, -0.25) is 0 Å². The quantitative estimate of drug-likeness (QED) is 0.471. The second-order valence-electron chi connectivity index (χ2n) is 5.47. The Labute approximate surface area is 101 Å². The molecule has 1 rings (SSSR count). The zero-order chi connectivity index (χ0) is 12.2. The molecular formula is C15H26O. The Morgan fingerprint density at radius 2 is 1.81 bits per heavy atom. The molecule has 1 heteroatoms. The van der Waals surface area contributed by atoms with E-state index in [4.69, 9.17) is 4.74 Å². The Balaban J connectivity index is 2.15. The SMILES string of the molecule is C/C=C(\C)CC/C=C(\C)CC[C@H]1OC1(C)C. The van der Waals surface area contributed by atoms with Crippen LogP contribution < -0.4 is 0 Å². The van der Waals surface area contributed by atoms with E-state index in [1.807, 2.05) is 0 Å². The van der Waals surface area contributed by atoms with Gasteiger partial charge in [0, 0.05) is 0 Å². The summed E-state index contributed by atoms with van der Waals surface area (Å²) in [6.45, 7) is 10.9. The number of ether oxygens (including phenoxy) is 1. The standard InChI is InChI=1S/C15H26O/c1-6-12(2)8-7-9-13(3)10-11-14-15(4,5)16-14/h6,9,14H,7-8,10-11H2,1-5H3/b12-6+,13-9+/t14-/m1/s1. The van der Waals surface area contributed by atoms with E-state index in [-0.39, 0.29) is 5.60 Å². The molecule has 0 saturated carbocycles. The molecule has 1 fully saturated rings. The van der Waals surface area contributed by atoms with Crippen molar-refractivity contribution in [3.05, 3.63) is 23.3 Å². The van der Waals surface area contributed by atoms with Crippen LogP contribution in [-0.4, -0.2) is 11.7 Å². The molecule has 1 atom stereocenters. The molecular weight excluding hydrogens is 196 g/mol. The lowest BCUT2D eigenvalue weighted by Gasteiger charge is -2.01. The zero-order valence-corrected chi connectivity index (χ0v) is 11.5. The van der Waals surface area contributed by atoms with E-state index in [1.165, 1.54) is 36.8 Å². The summed E-state index contributed by atoms with van der Waals surface area (Å²) in [6, 6.07) is 0. The molecule has 0 aromatic carbocycles. The first-order valence-electron chi connectivity index (χ1n) is 6.41. The van der Waals surface area contributed by atoms with Crippen LogP contribution >= 0.6 is 0 Å². The van der Waals surface area contributed by atoms with Gasteiger partial charge in [-0.25, -0.2) is 0 Å². The van der Waals surface area contributed by atoms with Crippen molar-refractivity contribution in [3.63, 3.8) is 0 Å². The van der Waals surface area contributed by atoms with Crippen LogP contribution in [0.3, 0.4) is 0 Å². The summed E-state index contributed by atoms with van der Waals surface area (Å²) >= 11 is 0. The minimum atomic E-state index is 0.155. The van der Waals surface area contributed by atoms with Crippen molar-refractivity contribution in [2.75, 3.05) is 0 Å². The number of hydrogen-bond acceptors (Lipinski definition) is 1. The Morgan fingerprint density at radius 1 is 1.19 bits per heavy atom. The average Bonchev–Trinajstić information content (AvgIpc) is 2.83. The highest BCUT2D eigenvalue weighted by atomic mass is 16.6. The van der Waals surface area contributed by atoms with Crippen LogP contribution in [-0.2, 0) is 4.74 Å². The molecule has 1 nitrogen and oxygen atoms in total. The topological polar surface area (TPSA) is 12.5 Å². The van der Waals surface area contributed by atoms with Gasteiger partial charge in [-0.1, -0.05) is 23.3 Å². The van der Waals surface area contributed by atoms with E-state index in [0.29, 0.717) is 6.10 Å². The van der Waals surface area contributed by atoms with Crippen LogP contribution in [0.25, 0.3) is 0 Å². The predicted octanol–water partition coefficient (Wildman–Crippen LogP) is 4.64. The Bertz CT molecular complexity index is 284. The van der Waals surface area contributed by atoms with Crippen molar-refractivity contribution < 1.29 is 4.74 Å². The molecule has 0 unspecified atom stereocenters. The number of epoxide rings is 1. The first-order valence-corrected chi connectivity index (χ1v) is 6.41. The summed E-state index contributed by atoms with van der Waals surface area (Å²) < 4.78 is 5.58. The van der Waals surface area contributed by atoms with E-state index >= 15 is 0 Å². The van der Waals surface area contributed by atoms with Crippen LogP contribution in [0.4, 0.5) is 0 Å². The summed E-state index contributed by atoms with van der Waals surface area (Å²) in [5, 5.41) is 0. The van der Waals surface area contributed by atoms with Gasteiger partial charge in [0.1, 0.15) is 0 Å². The predicted molar refractivity (Wildman–Crippen MR) is 70.6 cm³/mol. The second kappa shape index (κ2) is 5.67. The van der Waals surface area contributed by atoms with Crippen molar-refractivity contribution in [2.24, 2.45) is 0 Å². The molecule has 1 heterocycles. The van der Waals surface area contributed by atoms with Crippen molar-refractivity contribution in [3.8, 4) is 0 Å². The van der Waals surface area contributed by atoms with Crippen molar-refractivity contribution in [1.82, 2.24) is 0 Å². The third-order valence-corrected chi connectivity index (χ3v) is 3.49. The Hall–Kier alpha value is -0.560. The van der Waals surface area contributed by atoms with E-state index < -0.39 is 0 Å². The maximum absolute atomic E-state index is 5.58. The summed E-state index contributed by atoms with van der Waals surface area (Å²) in [5.74, 6) is 0. The Kier molecular flexibility index (Phi) is 4.79. The lowest BCUT2D eigenvalue weighted by atomic mass is 10.0. The molecule has 0 spiro atoms. The molecule has 0 aromatic heterocycles. The highest BCUT2D eigenvalue weighted by Crippen LogP contribution is 2.38. The lowest BCUT2D eigenvalue weighted by molar-refractivity contribution is 0.320. The molecule has 1 aliphatic rings. The second-order valence-corrected chi connectivity index (χ2v) is 5.47. The van der Waals surface area contributed by atoms with Crippen molar-refractivity contribution in [1.29, 1.82) is 0 Å². The number of hydrogen-bond donors (Lipinski definition) is 0. The summed E-state index contributed by atoms with van der Waals surface area (Å²) in [6.07, 6.45) is 9.80. The minimum Gasteiger partial charge on any atom is -0.367 e. The van der Waals surface area contributed by atoms with Gasteiger partial charge in [0.15, 0.2) is 0 Å². The summed E-state index contributed by atoms with van der Waals surface area (Å²) in [7, 11) is 0. The van der Waals surface area contributed by atoms with Crippen molar-refractivity contribution in [2.45, 2.75) is 72.0 Å². The molecule has 1 aliphatic heterocycles. The molecule has 0 bridgehead atoms.